The molecule has 0 radical (unpaired) electrons. The van der Waals surface area contributed by atoms with Crippen molar-refractivity contribution in [1.82, 2.24) is 0 Å². The molecule has 3 heteroatoms. The van der Waals surface area contributed by atoms with Crippen molar-refractivity contribution in [2.75, 3.05) is 6.61 Å². The predicted molar refractivity (Wildman–Crippen MR) is 73.1 cm³/mol. The summed E-state index contributed by atoms with van der Waals surface area (Å²) in [6.45, 7) is 2.16. The van der Waals surface area contributed by atoms with Crippen LogP contribution in [-0.4, -0.2) is 11.7 Å². The zero-order valence-corrected chi connectivity index (χ0v) is 10.9. The van der Waals surface area contributed by atoms with E-state index in [0.717, 1.165) is 11.3 Å². The van der Waals surface area contributed by atoms with E-state index in [4.69, 9.17) is 16.3 Å². The van der Waals surface area contributed by atoms with E-state index in [1.807, 2.05) is 43.3 Å². The van der Waals surface area contributed by atoms with Gasteiger partial charge in [0.2, 0.25) is 0 Å². The number of aliphatic hydroxyl groups is 1. The summed E-state index contributed by atoms with van der Waals surface area (Å²) in [5, 5.41) is 10.6. The van der Waals surface area contributed by atoms with Gasteiger partial charge in [-0.2, -0.15) is 0 Å². The van der Waals surface area contributed by atoms with Gasteiger partial charge in [-0.1, -0.05) is 48.0 Å². The first kappa shape index (κ1) is 12.9. The molecule has 0 aliphatic carbocycles. The molecule has 0 aromatic heterocycles. The molecule has 2 rings (SSSR count). The molecule has 94 valence electrons. The number of halogens is 1. The predicted octanol–water partition coefficient (Wildman–Crippen LogP) is 3.76. The molecular formula is C15H15ClO2. The lowest BCUT2D eigenvalue weighted by Crippen LogP contribution is -2.10. The van der Waals surface area contributed by atoms with Gasteiger partial charge in [0.25, 0.3) is 0 Å². The Morgan fingerprint density at radius 1 is 1.11 bits per heavy atom. The fraction of sp³-hybridized carbons (Fsp3) is 0.200. The Kier molecular flexibility index (Phi) is 4.24. The summed E-state index contributed by atoms with van der Waals surface area (Å²) in [6, 6.07) is 14.9. The first-order chi connectivity index (χ1) is 8.68. The Hall–Kier alpha value is -1.51. The molecule has 1 atom stereocenters. The summed E-state index contributed by atoms with van der Waals surface area (Å²) in [6.07, 6.45) is -0.724. The Balaban J connectivity index is 2.03. The van der Waals surface area contributed by atoms with Crippen LogP contribution in [0.4, 0.5) is 0 Å². The van der Waals surface area contributed by atoms with Gasteiger partial charge >= 0.3 is 0 Å². The van der Waals surface area contributed by atoms with Crippen LogP contribution in [0, 0.1) is 6.92 Å². The van der Waals surface area contributed by atoms with Crippen LogP contribution in [0.5, 0.6) is 5.75 Å². The zero-order valence-electron chi connectivity index (χ0n) is 10.1. The topological polar surface area (TPSA) is 29.5 Å². The minimum atomic E-state index is -0.724. The molecule has 0 saturated heterocycles. The van der Waals surface area contributed by atoms with E-state index >= 15 is 0 Å². The maximum Gasteiger partial charge on any atom is 0.122 e. The third kappa shape index (κ3) is 3.03. The van der Waals surface area contributed by atoms with Crippen LogP contribution in [0.1, 0.15) is 17.2 Å². The molecule has 0 bridgehead atoms. The van der Waals surface area contributed by atoms with Crippen molar-refractivity contribution in [3.8, 4) is 5.75 Å². The molecule has 0 spiro atoms. The molecule has 2 aromatic carbocycles. The van der Waals surface area contributed by atoms with Crippen LogP contribution in [0.15, 0.2) is 48.5 Å². The highest BCUT2D eigenvalue weighted by atomic mass is 35.5. The number of aliphatic hydroxyl groups excluding tert-OH is 1. The first-order valence-electron chi connectivity index (χ1n) is 5.79. The first-order valence-corrected chi connectivity index (χ1v) is 6.17. The molecule has 1 unspecified atom stereocenters. The largest absolute Gasteiger partial charge is 0.490 e. The third-order valence-corrected chi connectivity index (χ3v) is 3.10. The number of benzene rings is 2. The van der Waals surface area contributed by atoms with Crippen molar-refractivity contribution >= 4 is 11.6 Å². The van der Waals surface area contributed by atoms with Crippen molar-refractivity contribution in [3.63, 3.8) is 0 Å². The number of ether oxygens (including phenoxy) is 1. The van der Waals surface area contributed by atoms with E-state index in [9.17, 15) is 5.11 Å². The van der Waals surface area contributed by atoms with E-state index in [2.05, 4.69) is 0 Å². The summed E-state index contributed by atoms with van der Waals surface area (Å²) in [5.41, 5.74) is 1.73. The molecule has 0 heterocycles. The fourth-order valence-corrected chi connectivity index (χ4v) is 1.98. The molecular weight excluding hydrogens is 248 g/mol. The van der Waals surface area contributed by atoms with Gasteiger partial charge in [0.05, 0.1) is 0 Å². The van der Waals surface area contributed by atoms with Crippen molar-refractivity contribution < 1.29 is 9.84 Å². The van der Waals surface area contributed by atoms with E-state index in [-0.39, 0.29) is 6.61 Å². The van der Waals surface area contributed by atoms with Crippen molar-refractivity contribution in [2.45, 2.75) is 13.0 Å². The van der Waals surface area contributed by atoms with E-state index in [1.165, 1.54) is 0 Å². The smallest absolute Gasteiger partial charge is 0.122 e. The normalized spacial score (nSPS) is 12.2. The maximum atomic E-state index is 10.0. The van der Waals surface area contributed by atoms with Crippen LogP contribution in [-0.2, 0) is 0 Å². The lowest BCUT2D eigenvalue weighted by atomic mass is 10.1. The van der Waals surface area contributed by atoms with Gasteiger partial charge in [-0.25, -0.2) is 0 Å². The quantitative estimate of drug-likeness (QED) is 0.909. The van der Waals surface area contributed by atoms with Crippen LogP contribution >= 0.6 is 11.6 Å². The Labute approximate surface area is 112 Å². The van der Waals surface area contributed by atoms with Gasteiger partial charge in [0, 0.05) is 10.6 Å². The number of rotatable bonds is 4. The molecule has 0 aliphatic rings. The van der Waals surface area contributed by atoms with Gasteiger partial charge in [-0.15, -0.1) is 0 Å². The Bertz CT molecular complexity index is 525. The molecule has 0 aliphatic heterocycles. The van der Waals surface area contributed by atoms with Gasteiger partial charge in [-0.05, 0) is 24.6 Å². The highest BCUT2D eigenvalue weighted by Gasteiger charge is 2.12. The monoisotopic (exact) mass is 262 g/mol. The average Bonchev–Trinajstić information content (AvgIpc) is 2.38. The van der Waals surface area contributed by atoms with Gasteiger partial charge in [0.15, 0.2) is 0 Å². The standard InChI is InChI=1S/C15H15ClO2/c1-11-6-2-5-9-15(11)18-10-14(17)12-7-3-4-8-13(12)16/h2-9,14,17H,10H2,1H3. The fourth-order valence-electron chi connectivity index (χ4n) is 1.72. The number of hydrogen-bond acceptors (Lipinski definition) is 2. The Morgan fingerprint density at radius 3 is 2.50 bits per heavy atom. The molecule has 18 heavy (non-hydrogen) atoms. The van der Waals surface area contributed by atoms with Crippen molar-refractivity contribution in [1.29, 1.82) is 0 Å². The van der Waals surface area contributed by atoms with Crippen LogP contribution < -0.4 is 4.74 Å². The average molecular weight is 263 g/mol. The molecule has 1 N–H and O–H groups in total. The summed E-state index contributed by atoms with van der Waals surface area (Å²) >= 11 is 6.02. The number of aryl methyl sites for hydroxylation is 1. The van der Waals surface area contributed by atoms with Crippen LogP contribution in [0.2, 0.25) is 5.02 Å². The Morgan fingerprint density at radius 2 is 1.78 bits per heavy atom. The minimum Gasteiger partial charge on any atom is -0.490 e. The third-order valence-electron chi connectivity index (χ3n) is 2.75. The zero-order chi connectivity index (χ0) is 13.0. The van der Waals surface area contributed by atoms with Crippen molar-refractivity contribution in [2.24, 2.45) is 0 Å². The second kappa shape index (κ2) is 5.89. The van der Waals surface area contributed by atoms with Gasteiger partial charge < -0.3 is 9.84 Å². The molecule has 0 fully saturated rings. The second-order valence-electron chi connectivity index (χ2n) is 4.11. The highest BCUT2D eigenvalue weighted by Crippen LogP contribution is 2.24. The second-order valence-corrected chi connectivity index (χ2v) is 4.52. The minimum absolute atomic E-state index is 0.189. The van der Waals surface area contributed by atoms with Crippen LogP contribution in [0.25, 0.3) is 0 Å². The van der Waals surface area contributed by atoms with Gasteiger partial charge in [0.1, 0.15) is 18.5 Å². The van der Waals surface area contributed by atoms with E-state index in [0.29, 0.717) is 10.6 Å². The van der Waals surface area contributed by atoms with E-state index < -0.39 is 6.10 Å². The lowest BCUT2D eigenvalue weighted by Gasteiger charge is -2.15. The van der Waals surface area contributed by atoms with Crippen molar-refractivity contribution in [3.05, 3.63) is 64.7 Å². The molecule has 0 saturated carbocycles. The summed E-state index contributed by atoms with van der Waals surface area (Å²) < 4.78 is 5.60. The molecule has 2 aromatic rings. The SMILES string of the molecule is Cc1ccccc1OCC(O)c1ccccc1Cl. The number of hydrogen-bond donors (Lipinski definition) is 1. The van der Waals surface area contributed by atoms with E-state index in [1.54, 1.807) is 12.1 Å². The summed E-state index contributed by atoms with van der Waals surface area (Å²) in [5.74, 6) is 0.781. The molecule has 0 amide bonds. The highest BCUT2D eigenvalue weighted by molar-refractivity contribution is 6.31. The van der Waals surface area contributed by atoms with Crippen LogP contribution in [0.3, 0.4) is 0 Å². The lowest BCUT2D eigenvalue weighted by molar-refractivity contribution is 0.108. The van der Waals surface area contributed by atoms with Gasteiger partial charge in [-0.3, -0.25) is 0 Å². The number of para-hydroxylation sites is 1. The summed E-state index contributed by atoms with van der Waals surface area (Å²) in [4.78, 5) is 0. The summed E-state index contributed by atoms with van der Waals surface area (Å²) in [7, 11) is 0. The molecule has 2 nitrogen and oxygen atoms in total. The maximum absolute atomic E-state index is 10.0.